The number of nitrogens with zero attached hydrogens (tertiary/aromatic N) is 2. The highest BCUT2D eigenvalue weighted by atomic mass is 16.5. The molecule has 1 heterocycles. The van der Waals surface area contributed by atoms with Crippen LogP contribution in [0.3, 0.4) is 0 Å². The van der Waals surface area contributed by atoms with Crippen LogP contribution in [0.15, 0.2) is 42.6 Å². The normalized spacial score (nSPS) is 10.4. The molecule has 5 heteroatoms. The van der Waals surface area contributed by atoms with Crippen molar-refractivity contribution < 1.29 is 9.68 Å². The van der Waals surface area contributed by atoms with Gasteiger partial charge in [-0.3, -0.25) is 4.68 Å². The molecular weight excluding hydrogens is 203 g/mol. The van der Waals surface area contributed by atoms with Gasteiger partial charge in [0, 0.05) is 13.2 Å². The molecule has 0 saturated heterocycles. The average Bonchev–Trinajstić information content (AvgIpc) is 2.74. The van der Waals surface area contributed by atoms with Crippen LogP contribution in [0.4, 0.5) is 0 Å². The van der Waals surface area contributed by atoms with Crippen LogP contribution in [0, 0.1) is 0 Å². The van der Waals surface area contributed by atoms with Crippen molar-refractivity contribution in [1.29, 1.82) is 0 Å². The van der Waals surface area contributed by atoms with Crippen molar-refractivity contribution in [3.05, 3.63) is 48.2 Å². The summed E-state index contributed by atoms with van der Waals surface area (Å²) in [6, 6.07) is 11.5. The summed E-state index contributed by atoms with van der Waals surface area (Å²) in [5, 5.41) is 13.7. The van der Waals surface area contributed by atoms with E-state index in [0.717, 1.165) is 5.56 Å². The summed E-state index contributed by atoms with van der Waals surface area (Å²) in [4.78, 5) is 0. The van der Waals surface area contributed by atoms with E-state index >= 15 is 0 Å². The predicted octanol–water partition coefficient (Wildman–Crippen LogP) is 0.324. The number of aromatic nitrogens is 2. The van der Waals surface area contributed by atoms with Crippen molar-refractivity contribution in [2.24, 2.45) is 7.05 Å². The highest BCUT2D eigenvalue weighted by molar-refractivity contribution is 6.59. The van der Waals surface area contributed by atoms with Crippen molar-refractivity contribution in [3.8, 4) is 0 Å². The van der Waals surface area contributed by atoms with Crippen LogP contribution in [-0.4, -0.2) is 21.9 Å². The average molecular weight is 216 g/mol. The first-order valence-corrected chi connectivity index (χ1v) is 5.09. The van der Waals surface area contributed by atoms with Gasteiger partial charge in [-0.25, -0.2) is 0 Å². The van der Waals surface area contributed by atoms with Gasteiger partial charge in [-0.1, -0.05) is 30.3 Å². The molecule has 2 rings (SSSR count). The molecule has 0 saturated carbocycles. The maximum atomic E-state index is 9.77. The van der Waals surface area contributed by atoms with E-state index in [0.29, 0.717) is 12.2 Å². The van der Waals surface area contributed by atoms with E-state index in [-0.39, 0.29) is 0 Å². The first-order valence-electron chi connectivity index (χ1n) is 5.09. The lowest BCUT2D eigenvalue weighted by Crippen LogP contribution is -2.38. The van der Waals surface area contributed by atoms with E-state index in [4.69, 9.17) is 4.65 Å². The molecule has 1 N–H and O–H groups in total. The zero-order chi connectivity index (χ0) is 11.4. The number of hydrogen-bond donors (Lipinski definition) is 1. The summed E-state index contributed by atoms with van der Waals surface area (Å²) in [6.45, 7) is 0.382. The van der Waals surface area contributed by atoms with Crippen molar-refractivity contribution in [2.75, 3.05) is 0 Å². The number of hydrogen-bond acceptors (Lipinski definition) is 3. The van der Waals surface area contributed by atoms with Crippen molar-refractivity contribution >= 4 is 12.7 Å². The third kappa shape index (κ3) is 2.50. The Hall–Kier alpha value is -1.59. The lowest BCUT2D eigenvalue weighted by atomic mass is 9.85. The van der Waals surface area contributed by atoms with Gasteiger partial charge in [0.25, 0.3) is 0 Å². The highest BCUT2D eigenvalue weighted by Crippen LogP contribution is 2.01. The monoisotopic (exact) mass is 216 g/mol. The Labute approximate surface area is 94.6 Å². The fourth-order valence-corrected chi connectivity index (χ4v) is 1.46. The zero-order valence-electron chi connectivity index (χ0n) is 9.08. The second-order valence-corrected chi connectivity index (χ2v) is 3.53. The molecule has 0 fully saturated rings. The molecule has 16 heavy (non-hydrogen) atoms. The van der Waals surface area contributed by atoms with E-state index in [1.807, 2.05) is 30.3 Å². The largest absolute Gasteiger partial charge is 0.510 e. The van der Waals surface area contributed by atoms with E-state index in [2.05, 4.69) is 5.10 Å². The summed E-state index contributed by atoms with van der Waals surface area (Å²) >= 11 is 0. The molecule has 0 spiro atoms. The number of aryl methyl sites for hydroxylation is 1. The SMILES string of the molecule is Cn1nccc1B(O)OCc1ccccc1. The standard InChI is InChI=1S/C11H13BN2O2/c1-14-11(7-8-13-14)12(15)16-9-10-5-3-2-4-6-10/h2-8,15H,9H2,1H3. The third-order valence-electron chi connectivity index (χ3n) is 2.36. The number of benzene rings is 1. The minimum Gasteiger partial charge on any atom is -0.422 e. The van der Waals surface area contributed by atoms with E-state index in [1.54, 1.807) is 24.0 Å². The molecule has 82 valence electrons. The van der Waals surface area contributed by atoms with Crippen LogP contribution in [0.2, 0.25) is 0 Å². The summed E-state index contributed by atoms with van der Waals surface area (Å²) < 4.78 is 6.94. The molecule has 0 aliphatic carbocycles. The molecule has 0 amide bonds. The Morgan fingerprint density at radius 3 is 2.69 bits per heavy atom. The fraction of sp³-hybridized carbons (Fsp3) is 0.182. The van der Waals surface area contributed by atoms with E-state index in [9.17, 15) is 5.02 Å². The van der Waals surface area contributed by atoms with Crippen LogP contribution < -0.4 is 5.59 Å². The minimum atomic E-state index is -0.937. The maximum absolute atomic E-state index is 9.77. The van der Waals surface area contributed by atoms with Crippen LogP contribution in [0.1, 0.15) is 5.56 Å². The van der Waals surface area contributed by atoms with Crippen LogP contribution in [-0.2, 0) is 18.3 Å². The van der Waals surface area contributed by atoms with Crippen LogP contribution in [0.25, 0.3) is 0 Å². The van der Waals surface area contributed by atoms with Gasteiger partial charge >= 0.3 is 7.12 Å². The first-order chi connectivity index (χ1) is 7.77. The Morgan fingerprint density at radius 2 is 2.06 bits per heavy atom. The Kier molecular flexibility index (Phi) is 3.39. The molecule has 0 radical (unpaired) electrons. The molecule has 0 bridgehead atoms. The summed E-state index contributed by atoms with van der Waals surface area (Å²) in [6.07, 6.45) is 1.63. The lowest BCUT2D eigenvalue weighted by Gasteiger charge is -2.08. The van der Waals surface area contributed by atoms with Gasteiger partial charge in [0.15, 0.2) is 0 Å². The topological polar surface area (TPSA) is 47.3 Å². The molecule has 1 aromatic carbocycles. The third-order valence-corrected chi connectivity index (χ3v) is 2.36. The predicted molar refractivity (Wildman–Crippen MR) is 62.0 cm³/mol. The van der Waals surface area contributed by atoms with Crippen molar-refractivity contribution in [1.82, 2.24) is 9.78 Å². The van der Waals surface area contributed by atoms with Gasteiger partial charge in [-0.15, -0.1) is 0 Å². The quantitative estimate of drug-likeness (QED) is 0.749. The van der Waals surface area contributed by atoms with Gasteiger partial charge < -0.3 is 9.68 Å². The van der Waals surface area contributed by atoms with Gasteiger partial charge in [0.2, 0.25) is 0 Å². The Morgan fingerprint density at radius 1 is 1.31 bits per heavy atom. The smallest absolute Gasteiger partial charge is 0.422 e. The second kappa shape index (κ2) is 4.96. The van der Waals surface area contributed by atoms with Gasteiger partial charge in [-0.2, -0.15) is 5.10 Å². The molecular formula is C11H13BN2O2. The zero-order valence-corrected chi connectivity index (χ0v) is 9.08. The van der Waals surface area contributed by atoms with E-state index < -0.39 is 7.12 Å². The van der Waals surface area contributed by atoms with Crippen molar-refractivity contribution in [3.63, 3.8) is 0 Å². The molecule has 0 atom stereocenters. The Balaban J connectivity index is 1.94. The molecule has 0 unspecified atom stereocenters. The molecule has 1 aromatic heterocycles. The molecule has 2 aromatic rings. The van der Waals surface area contributed by atoms with Gasteiger partial charge in [0.1, 0.15) is 0 Å². The lowest BCUT2D eigenvalue weighted by molar-refractivity contribution is 0.257. The summed E-state index contributed by atoms with van der Waals surface area (Å²) in [5.74, 6) is 0. The van der Waals surface area contributed by atoms with Crippen molar-refractivity contribution in [2.45, 2.75) is 6.61 Å². The first kappa shape index (κ1) is 10.9. The van der Waals surface area contributed by atoms with Crippen LogP contribution in [0.5, 0.6) is 0 Å². The molecule has 4 nitrogen and oxygen atoms in total. The minimum absolute atomic E-state index is 0.382. The summed E-state index contributed by atoms with van der Waals surface area (Å²) in [5.41, 5.74) is 1.68. The Bertz CT molecular complexity index is 444. The summed E-state index contributed by atoms with van der Waals surface area (Å²) in [7, 11) is 0.831. The van der Waals surface area contributed by atoms with Gasteiger partial charge in [0.05, 0.1) is 12.2 Å². The van der Waals surface area contributed by atoms with E-state index in [1.165, 1.54) is 0 Å². The molecule has 0 aliphatic rings. The van der Waals surface area contributed by atoms with Crippen LogP contribution >= 0.6 is 0 Å². The maximum Gasteiger partial charge on any atom is 0.510 e. The number of rotatable bonds is 4. The molecule has 0 aliphatic heterocycles. The second-order valence-electron chi connectivity index (χ2n) is 3.53. The fourth-order valence-electron chi connectivity index (χ4n) is 1.46. The highest BCUT2D eigenvalue weighted by Gasteiger charge is 2.19. The van der Waals surface area contributed by atoms with Gasteiger partial charge in [-0.05, 0) is 11.6 Å².